The van der Waals surface area contributed by atoms with E-state index in [1.807, 2.05) is 17.0 Å². The van der Waals surface area contributed by atoms with Gasteiger partial charge in [0, 0.05) is 45.0 Å². The Morgan fingerprint density at radius 2 is 1.97 bits per heavy atom. The summed E-state index contributed by atoms with van der Waals surface area (Å²) in [5.74, 6) is 1.19. The van der Waals surface area contributed by atoms with Gasteiger partial charge >= 0.3 is 0 Å². The predicted octanol–water partition coefficient (Wildman–Crippen LogP) is 1.41. The third-order valence-corrected chi connectivity index (χ3v) is 5.12. The van der Waals surface area contributed by atoms with Gasteiger partial charge in [-0.05, 0) is 19.1 Å². The van der Waals surface area contributed by atoms with Gasteiger partial charge in [0.25, 0.3) is 5.78 Å². The van der Waals surface area contributed by atoms with E-state index in [2.05, 4.69) is 40.0 Å². The Bertz CT molecular complexity index is 1010. The van der Waals surface area contributed by atoms with Gasteiger partial charge in [0.1, 0.15) is 6.61 Å². The smallest absolute Gasteiger partial charge is 0.254 e. The van der Waals surface area contributed by atoms with Crippen LogP contribution in [0.1, 0.15) is 5.56 Å². The molecule has 1 aliphatic heterocycles. The first kappa shape index (κ1) is 20.2. The number of ether oxygens (including phenoxy) is 2. The number of amides is 1. The lowest BCUT2D eigenvalue weighted by atomic mass is 10.1. The predicted molar refractivity (Wildman–Crippen MR) is 112 cm³/mol. The lowest BCUT2D eigenvalue weighted by Crippen LogP contribution is -2.50. The summed E-state index contributed by atoms with van der Waals surface area (Å²) >= 11 is 0. The molecule has 1 saturated heterocycles. The van der Waals surface area contributed by atoms with E-state index in [-0.39, 0.29) is 12.5 Å². The molecule has 3 heterocycles. The SMILES string of the molecule is COCCOCC(=O)N1CCN(c2nc3nccc(-c4cccc(C)c4)n3n2)CC1. The number of hydrogen-bond acceptors (Lipinski definition) is 7. The van der Waals surface area contributed by atoms with Crippen molar-refractivity contribution in [2.24, 2.45) is 0 Å². The van der Waals surface area contributed by atoms with Gasteiger partial charge in [-0.3, -0.25) is 4.79 Å². The molecule has 1 aromatic carbocycles. The topological polar surface area (TPSA) is 85.1 Å². The van der Waals surface area contributed by atoms with Crippen molar-refractivity contribution in [3.05, 3.63) is 42.1 Å². The Balaban J connectivity index is 1.44. The van der Waals surface area contributed by atoms with Crippen LogP contribution in [0.3, 0.4) is 0 Å². The van der Waals surface area contributed by atoms with Gasteiger partial charge < -0.3 is 19.3 Å². The summed E-state index contributed by atoms with van der Waals surface area (Å²) in [5, 5.41) is 4.71. The van der Waals surface area contributed by atoms with Crippen LogP contribution in [0.5, 0.6) is 0 Å². The number of hydrogen-bond donors (Lipinski definition) is 0. The van der Waals surface area contributed by atoms with Crippen molar-refractivity contribution in [3.63, 3.8) is 0 Å². The molecule has 9 nitrogen and oxygen atoms in total. The molecule has 2 aromatic heterocycles. The number of piperazine rings is 1. The molecule has 0 atom stereocenters. The van der Waals surface area contributed by atoms with E-state index in [0.717, 1.165) is 11.3 Å². The Morgan fingerprint density at radius 1 is 1.13 bits per heavy atom. The largest absolute Gasteiger partial charge is 0.382 e. The third-order valence-electron chi connectivity index (χ3n) is 5.12. The fraction of sp³-hybridized carbons (Fsp3) is 0.429. The van der Waals surface area contributed by atoms with Crippen LogP contribution in [-0.4, -0.2) is 83.5 Å². The first-order valence-corrected chi connectivity index (χ1v) is 10.0. The summed E-state index contributed by atoms with van der Waals surface area (Å²) < 4.78 is 12.0. The van der Waals surface area contributed by atoms with Gasteiger partial charge in [0.15, 0.2) is 0 Å². The van der Waals surface area contributed by atoms with Crippen molar-refractivity contribution in [2.75, 3.05) is 58.0 Å². The molecule has 1 amide bonds. The molecule has 30 heavy (non-hydrogen) atoms. The lowest BCUT2D eigenvalue weighted by Gasteiger charge is -2.34. The number of nitrogens with zero attached hydrogens (tertiary/aromatic N) is 6. The van der Waals surface area contributed by atoms with Crippen LogP contribution in [0, 0.1) is 6.92 Å². The van der Waals surface area contributed by atoms with Gasteiger partial charge in [0.2, 0.25) is 11.9 Å². The zero-order valence-electron chi connectivity index (χ0n) is 17.3. The average Bonchev–Trinajstić information content (AvgIpc) is 3.21. The number of anilines is 1. The van der Waals surface area contributed by atoms with Crippen LogP contribution in [-0.2, 0) is 14.3 Å². The Labute approximate surface area is 175 Å². The van der Waals surface area contributed by atoms with Crippen molar-refractivity contribution in [1.82, 2.24) is 24.5 Å². The lowest BCUT2D eigenvalue weighted by molar-refractivity contribution is -0.136. The number of aromatic nitrogens is 4. The van der Waals surface area contributed by atoms with E-state index in [1.54, 1.807) is 17.8 Å². The van der Waals surface area contributed by atoms with Crippen LogP contribution >= 0.6 is 0 Å². The van der Waals surface area contributed by atoms with Gasteiger partial charge in [-0.25, -0.2) is 4.98 Å². The molecule has 0 N–H and O–H groups in total. The standard InChI is InChI=1S/C21H26N6O3/c1-16-4-3-5-17(14-16)18-6-7-22-20-23-21(24-27(18)20)26-10-8-25(9-11-26)19(28)15-30-13-12-29-2/h3-7,14H,8-13,15H2,1-2H3. The highest BCUT2D eigenvalue weighted by Gasteiger charge is 2.24. The Hall–Kier alpha value is -3.04. The normalized spacial score (nSPS) is 14.5. The van der Waals surface area contributed by atoms with E-state index in [0.29, 0.717) is 51.1 Å². The summed E-state index contributed by atoms with van der Waals surface area (Å²) in [6.07, 6.45) is 1.76. The molecule has 1 aliphatic rings. The number of carbonyl (C=O) groups is 1. The highest BCUT2D eigenvalue weighted by atomic mass is 16.5. The number of benzene rings is 1. The zero-order chi connectivity index (χ0) is 20.9. The average molecular weight is 410 g/mol. The van der Waals surface area contributed by atoms with E-state index in [4.69, 9.17) is 14.6 Å². The van der Waals surface area contributed by atoms with E-state index < -0.39 is 0 Å². The maximum Gasteiger partial charge on any atom is 0.254 e. The zero-order valence-corrected chi connectivity index (χ0v) is 17.3. The molecule has 0 spiro atoms. The van der Waals surface area contributed by atoms with Crippen molar-refractivity contribution in [3.8, 4) is 11.3 Å². The van der Waals surface area contributed by atoms with Crippen LogP contribution in [0.4, 0.5) is 5.95 Å². The highest BCUT2D eigenvalue weighted by molar-refractivity contribution is 5.77. The molecule has 9 heteroatoms. The maximum absolute atomic E-state index is 12.3. The van der Waals surface area contributed by atoms with E-state index >= 15 is 0 Å². The summed E-state index contributed by atoms with van der Waals surface area (Å²) in [7, 11) is 1.61. The monoisotopic (exact) mass is 410 g/mol. The molecule has 0 aliphatic carbocycles. The summed E-state index contributed by atoms with van der Waals surface area (Å²) in [6.45, 7) is 5.61. The fourth-order valence-electron chi connectivity index (χ4n) is 3.49. The van der Waals surface area contributed by atoms with Gasteiger partial charge in [0.05, 0.1) is 18.9 Å². The minimum absolute atomic E-state index is 0.00267. The maximum atomic E-state index is 12.3. The second-order valence-corrected chi connectivity index (χ2v) is 7.24. The Kier molecular flexibility index (Phi) is 6.20. The van der Waals surface area contributed by atoms with Crippen molar-refractivity contribution in [1.29, 1.82) is 0 Å². The summed E-state index contributed by atoms with van der Waals surface area (Å²) in [4.78, 5) is 25.2. The first-order chi connectivity index (χ1) is 14.7. The van der Waals surface area contributed by atoms with Crippen molar-refractivity contribution < 1.29 is 14.3 Å². The molecule has 0 saturated carbocycles. The number of aryl methyl sites for hydroxylation is 1. The quantitative estimate of drug-likeness (QED) is 0.545. The third kappa shape index (κ3) is 4.42. The molecule has 0 radical (unpaired) electrons. The molecule has 0 bridgehead atoms. The first-order valence-electron chi connectivity index (χ1n) is 10.0. The van der Waals surface area contributed by atoms with E-state index in [1.165, 1.54) is 5.56 Å². The molecular weight excluding hydrogens is 384 g/mol. The molecule has 158 valence electrons. The van der Waals surface area contributed by atoms with Crippen LogP contribution in [0.2, 0.25) is 0 Å². The summed E-state index contributed by atoms with van der Waals surface area (Å²) in [5.41, 5.74) is 3.21. The second-order valence-electron chi connectivity index (χ2n) is 7.24. The summed E-state index contributed by atoms with van der Waals surface area (Å²) in [6, 6.07) is 10.2. The highest BCUT2D eigenvalue weighted by Crippen LogP contribution is 2.22. The molecule has 1 fully saturated rings. The molecule has 3 aromatic rings. The van der Waals surface area contributed by atoms with Crippen LogP contribution < -0.4 is 4.90 Å². The number of carbonyl (C=O) groups excluding carboxylic acids is 1. The minimum Gasteiger partial charge on any atom is -0.382 e. The van der Waals surface area contributed by atoms with Crippen LogP contribution in [0.15, 0.2) is 36.5 Å². The van der Waals surface area contributed by atoms with Crippen molar-refractivity contribution >= 4 is 17.6 Å². The van der Waals surface area contributed by atoms with Gasteiger partial charge in [-0.2, -0.15) is 9.50 Å². The Morgan fingerprint density at radius 3 is 2.73 bits per heavy atom. The van der Waals surface area contributed by atoms with Gasteiger partial charge in [-0.1, -0.05) is 23.8 Å². The van der Waals surface area contributed by atoms with Crippen molar-refractivity contribution in [2.45, 2.75) is 6.92 Å². The molecule has 4 rings (SSSR count). The minimum atomic E-state index is -0.00267. The number of methoxy groups -OCH3 is 1. The number of rotatable bonds is 7. The van der Waals surface area contributed by atoms with Crippen LogP contribution in [0.25, 0.3) is 17.0 Å². The molecule has 0 unspecified atom stereocenters. The van der Waals surface area contributed by atoms with E-state index in [9.17, 15) is 4.79 Å². The second kappa shape index (κ2) is 9.19. The van der Waals surface area contributed by atoms with Gasteiger partial charge in [-0.15, -0.1) is 5.10 Å². The number of fused-ring (bicyclic) bond motifs is 1. The fourth-order valence-corrected chi connectivity index (χ4v) is 3.49. The molecular formula is C21H26N6O3.